The average Bonchev–Trinajstić information content (AvgIpc) is 4.04. The molecule has 0 atom stereocenters. The second-order valence-corrected chi connectivity index (χ2v) is 18.4. The largest absolute Gasteiger partial charge is 0.311 e. The number of benzene rings is 11. The molecule has 0 amide bonds. The summed E-state index contributed by atoms with van der Waals surface area (Å²) in [6.45, 7) is 0. The Bertz CT molecular complexity index is 3780. The summed E-state index contributed by atoms with van der Waals surface area (Å²) in [6, 6.07) is 98.4. The van der Waals surface area contributed by atoms with Crippen molar-refractivity contribution in [2.45, 2.75) is 5.41 Å². The van der Waals surface area contributed by atoms with Crippen LogP contribution in [0.15, 0.2) is 267 Å². The lowest BCUT2D eigenvalue weighted by Crippen LogP contribution is -2.25. The van der Waals surface area contributed by atoms with Crippen LogP contribution in [0.4, 0.5) is 17.1 Å². The van der Waals surface area contributed by atoms with E-state index in [-0.39, 0.29) is 0 Å². The summed E-state index contributed by atoms with van der Waals surface area (Å²) in [4.78, 5) is 2.37. The topological polar surface area (TPSA) is 8.17 Å². The normalized spacial score (nSPS) is 12.8. The molecule has 0 fully saturated rings. The van der Waals surface area contributed by atoms with E-state index >= 15 is 0 Å². The molecule has 14 rings (SSSR count). The Kier molecular flexibility index (Phi) is 8.84. The summed E-state index contributed by atoms with van der Waals surface area (Å²) >= 11 is 0. The van der Waals surface area contributed by atoms with Gasteiger partial charge in [-0.05, 0) is 133 Å². The zero-order valence-corrected chi connectivity index (χ0v) is 37.8. The van der Waals surface area contributed by atoms with Crippen molar-refractivity contribution in [1.29, 1.82) is 0 Å². The minimum atomic E-state index is -0.473. The molecule has 2 heteroatoms. The lowest BCUT2D eigenvalue weighted by atomic mass is 9.70. The fraction of sp³-hybridized carbons (Fsp3) is 0.0149. The number of rotatable bonds is 7. The molecule has 2 nitrogen and oxygen atoms in total. The van der Waals surface area contributed by atoms with Gasteiger partial charge in [-0.3, -0.25) is 0 Å². The number of hydrogen-bond donors (Lipinski definition) is 0. The molecule has 0 unspecified atom stereocenters. The van der Waals surface area contributed by atoms with Gasteiger partial charge in [-0.2, -0.15) is 0 Å². The lowest BCUT2D eigenvalue weighted by Gasteiger charge is -2.30. The predicted octanol–water partition coefficient (Wildman–Crippen LogP) is 17.6. The molecule has 0 bridgehead atoms. The van der Waals surface area contributed by atoms with E-state index in [9.17, 15) is 0 Å². The third-order valence-corrected chi connectivity index (χ3v) is 14.8. The van der Waals surface area contributed by atoms with Crippen LogP contribution >= 0.6 is 0 Å². The Labute approximate surface area is 402 Å². The summed E-state index contributed by atoms with van der Waals surface area (Å²) < 4.78 is 2.51. The van der Waals surface area contributed by atoms with Gasteiger partial charge < -0.3 is 9.47 Å². The number of fused-ring (bicyclic) bond motifs is 14. The summed E-state index contributed by atoms with van der Waals surface area (Å²) in [5, 5.41) is 2.52. The Morgan fingerprint density at radius 3 is 1.28 bits per heavy atom. The highest BCUT2D eigenvalue weighted by Crippen LogP contribution is 2.64. The number of aromatic nitrogens is 1. The van der Waals surface area contributed by atoms with E-state index in [2.05, 4.69) is 276 Å². The van der Waals surface area contributed by atoms with E-state index in [0.29, 0.717) is 0 Å². The molecular weight excluding hydrogens is 833 g/mol. The third kappa shape index (κ3) is 5.92. The second-order valence-electron chi connectivity index (χ2n) is 18.4. The minimum absolute atomic E-state index is 0.473. The SMILES string of the molecule is c1ccc(-c2ccc(N(c3ccc(-c4ccccc4)cc3)c3ccc(-c4ccc5c(c4)-c4c(ccc6c7ccccc7n(-c7ccccc7)c46)C54c5ccccc5-c5ccccc54)cc3)cc2)cc1. The lowest BCUT2D eigenvalue weighted by molar-refractivity contribution is 0.794. The van der Waals surface area contributed by atoms with E-state index in [4.69, 9.17) is 0 Å². The van der Waals surface area contributed by atoms with Crippen LogP contribution in [0, 0.1) is 0 Å². The highest BCUT2D eigenvalue weighted by atomic mass is 15.1. The predicted molar refractivity (Wildman–Crippen MR) is 288 cm³/mol. The van der Waals surface area contributed by atoms with Gasteiger partial charge in [-0.1, -0.05) is 206 Å². The smallest absolute Gasteiger partial charge is 0.0726 e. The molecule has 0 saturated heterocycles. The van der Waals surface area contributed by atoms with Crippen LogP contribution < -0.4 is 4.90 Å². The number of anilines is 3. The molecule has 0 N–H and O–H groups in total. The van der Waals surface area contributed by atoms with Crippen LogP contribution in [0.1, 0.15) is 22.3 Å². The van der Waals surface area contributed by atoms with Gasteiger partial charge in [0.05, 0.1) is 16.4 Å². The van der Waals surface area contributed by atoms with Gasteiger partial charge >= 0.3 is 0 Å². The van der Waals surface area contributed by atoms with E-state index in [1.807, 2.05) is 0 Å². The van der Waals surface area contributed by atoms with Crippen molar-refractivity contribution < 1.29 is 0 Å². The summed E-state index contributed by atoms with van der Waals surface area (Å²) in [6.07, 6.45) is 0. The van der Waals surface area contributed by atoms with Gasteiger partial charge in [0.25, 0.3) is 0 Å². The molecule has 322 valence electrons. The second kappa shape index (κ2) is 15.6. The molecule has 69 heavy (non-hydrogen) atoms. The van der Waals surface area contributed by atoms with Crippen molar-refractivity contribution in [2.75, 3.05) is 4.90 Å². The molecule has 2 aliphatic rings. The Morgan fingerprint density at radius 1 is 0.290 bits per heavy atom. The first kappa shape index (κ1) is 39.2. The van der Waals surface area contributed by atoms with Crippen LogP contribution in [0.3, 0.4) is 0 Å². The van der Waals surface area contributed by atoms with Gasteiger partial charge in [0.1, 0.15) is 0 Å². The van der Waals surface area contributed by atoms with Gasteiger partial charge in [0.15, 0.2) is 0 Å². The molecular formula is C67H44N2. The zero-order chi connectivity index (χ0) is 45.5. The van der Waals surface area contributed by atoms with Crippen LogP contribution in [-0.2, 0) is 5.41 Å². The monoisotopic (exact) mass is 876 g/mol. The number of para-hydroxylation sites is 2. The van der Waals surface area contributed by atoms with Crippen molar-refractivity contribution in [3.05, 3.63) is 289 Å². The molecule has 1 aromatic heterocycles. The first-order valence-electron chi connectivity index (χ1n) is 23.9. The molecule has 11 aromatic carbocycles. The van der Waals surface area contributed by atoms with Crippen LogP contribution in [0.25, 0.3) is 83.1 Å². The van der Waals surface area contributed by atoms with Crippen molar-refractivity contribution in [1.82, 2.24) is 4.57 Å². The molecule has 0 saturated carbocycles. The van der Waals surface area contributed by atoms with Gasteiger partial charge in [0.2, 0.25) is 0 Å². The number of hydrogen-bond acceptors (Lipinski definition) is 1. The first-order valence-corrected chi connectivity index (χ1v) is 23.9. The maximum absolute atomic E-state index is 2.51. The fourth-order valence-corrected chi connectivity index (χ4v) is 11.8. The Morgan fingerprint density at radius 2 is 0.710 bits per heavy atom. The third-order valence-electron chi connectivity index (χ3n) is 14.8. The van der Waals surface area contributed by atoms with Crippen molar-refractivity contribution in [3.63, 3.8) is 0 Å². The molecule has 2 aliphatic carbocycles. The van der Waals surface area contributed by atoms with E-state index < -0.39 is 5.41 Å². The fourth-order valence-electron chi connectivity index (χ4n) is 11.8. The Balaban J connectivity index is 0.947. The molecule has 1 spiro atoms. The summed E-state index contributed by atoms with van der Waals surface area (Å²) in [7, 11) is 0. The van der Waals surface area contributed by atoms with Crippen LogP contribution in [-0.4, -0.2) is 4.57 Å². The average molecular weight is 877 g/mol. The minimum Gasteiger partial charge on any atom is -0.311 e. The van der Waals surface area contributed by atoms with Gasteiger partial charge in [0, 0.05) is 39.1 Å². The van der Waals surface area contributed by atoms with Gasteiger partial charge in [-0.25, -0.2) is 0 Å². The maximum Gasteiger partial charge on any atom is 0.0726 e. The quantitative estimate of drug-likeness (QED) is 0.155. The van der Waals surface area contributed by atoms with Crippen molar-refractivity contribution >= 4 is 38.9 Å². The molecule has 1 heterocycles. The van der Waals surface area contributed by atoms with Crippen LogP contribution in [0.5, 0.6) is 0 Å². The Hall–Kier alpha value is -8.98. The van der Waals surface area contributed by atoms with E-state index in [1.165, 1.54) is 99.7 Å². The van der Waals surface area contributed by atoms with E-state index in [1.54, 1.807) is 0 Å². The first-order chi connectivity index (χ1) is 34.2. The summed E-state index contributed by atoms with van der Waals surface area (Å²) in [5.74, 6) is 0. The van der Waals surface area contributed by atoms with Crippen LogP contribution in [0.2, 0.25) is 0 Å². The highest BCUT2D eigenvalue weighted by molar-refractivity contribution is 6.17. The highest BCUT2D eigenvalue weighted by Gasteiger charge is 2.52. The molecule has 0 aliphatic heterocycles. The summed E-state index contributed by atoms with van der Waals surface area (Å²) in [5.41, 5.74) is 24.2. The molecule has 12 aromatic rings. The number of nitrogens with zero attached hydrogens (tertiary/aromatic N) is 2. The zero-order valence-electron chi connectivity index (χ0n) is 37.8. The van der Waals surface area contributed by atoms with Crippen molar-refractivity contribution in [3.8, 4) is 61.3 Å². The van der Waals surface area contributed by atoms with Crippen molar-refractivity contribution in [2.24, 2.45) is 0 Å². The van der Waals surface area contributed by atoms with E-state index in [0.717, 1.165) is 22.7 Å². The molecule has 0 radical (unpaired) electrons. The maximum atomic E-state index is 2.51. The van der Waals surface area contributed by atoms with Gasteiger partial charge in [-0.15, -0.1) is 0 Å². The standard InChI is InChI=1S/C67H44N2/c1-4-16-45(17-5-1)47-28-35-52(36-29-47)68(53-37-30-48(31-38-53)46-18-6-2-7-19-46)54-39-32-49(33-40-54)50-34-42-62-59(44-50)65-63(67(62)60-25-13-10-22-55(60)56-23-11-14-26-61(56)67)43-41-58-57-24-12-15-27-64(57)69(66(58)65)51-20-8-3-9-21-51/h1-44H.